The molecule has 0 fully saturated rings. The number of hydrogen-bond donors (Lipinski definition) is 2. The van der Waals surface area contributed by atoms with Crippen LogP contribution >= 0.6 is 11.6 Å². The number of hydrogen-bond acceptors (Lipinski definition) is 4. The van der Waals surface area contributed by atoms with Crippen LogP contribution in [0.1, 0.15) is 11.4 Å². The highest BCUT2D eigenvalue weighted by atomic mass is 35.5. The third kappa shape index (κ3) is 4.71. The van der Waals surface area contributed by atoms with E-state index >= 15 is 0 Å². The molecule has 3 aromatic rings. The van der Waals surface area contributed by atoms with Crippen LogP contribution in [0.25, 0.3) is 0 Å². The maximum absolute atomic E-state index is 13.7. The molecule has 27 heavy (non-hydrogen) atoms. The normalized spacial score (nSPS) is 10.4. The number of carbonyl (C=O) groups is 1. The van der Waals surface area contributed by atoms with Crippen LogP contribution in [0.3, 0.4) is 0 Å². The highest BCUT2D eigenvalue weighted by Gasteiger charge is 2.14. The number of urea groups is 1. The molecular formula is C19H16ClFN4O2. The minimum atomic E-state index is -0.514. The number of aryl methyl sites for hydroxylation is 2. The molecule has 0 unspecified atom stereocenters. The largest absolute Gasteiger partial charge is 0.421 e. The number of rotatable bonds is 4. The first-order chi connectivity index (χ1) is 12.9. The molecule has 138 valence electrons. The molecular weight excluding hydrogens is 371 g/mol. The predicted octanol–water partition coefficient (Wildman–Crippen LogP) is 5.32. The molecule has 8 heteroatoms. The summed E-state index contributed by atoms with van der Waals surface area (Å²) in [7, 11) is 0. The highest BCUT2D eigenvalue weighted by Crippen LogP contribution is 2.25. The Labute approximate surface area is 160 Å². The van der Waals surface area contributed by atoms with Crippen LogP contribution in [0.2, 0.25) is 5.02 Å². The van der Waals surface area contributed by atoms with E-state index in [9.17, 15) is 9.18 Å². The lowest BCUT2D eigenvalue weighted by molar-refractivity contribution is 0.262. The molecule has 0 aliphatic heterocycles. The van der Waals surface area contributed by atoms with E-state index in [4.69, 9.17) is 16.3 Å². The summed E-state index contributed by atoms with van der Waals surface area (Å²) in [5.74, 6) is -0.491. The van der Waals surface area contributed by atoms with Gasteiger partial charge in [-0.1, -0.05) is 29.8 Å². The molecule has 0 atom stereocenters. The van der Waals surface area contributed by atoms with E-state index in [2.05, 4.69) is 20.6 Å². The number of ether oxygens (including phenoxy) is 1. The fraction of sp³-hybridized carbons (Fsp3) is 0.105. The van der Waals surface area contributed by atoms with E-state index in [0.717, 1.165) is 0 Å². The van der Waals surface area contributed by atoms with Crippen molar-refractivity contribution in [3.63, 3.8) is 0 Å². The molecule has 0 radical (unpaired) electrons. The first-order valence-corrected chi connectivity index (χ1v) is 8.41. The Balaban J connectivity index is 1.75. The number of para-hydroxylation sites is 1. The summed E-state index contributed by atoms with van der Waals surface area (Å²) in [6.45, 7) is 3.38. The Morgan fingerprint density at radius 3 is 2.41 bits per heavy atom. The van der Waals surface area contributed by atoms with Crippen molar-refractivity contribution in [2.45, 2.75) is 13.8 Å². The minimum Gasteiger partial charge on any atom is -0.421 e. The van der Waals surface area contributed by atoms with Crippen molar-refractivity contribution >= 4 is 29.0 Å². The molecule has 0 saturated heterocycles. The van der Waals surface area contributed by atoms with Gasteiger partial charge in [-0.05, 0) is 44.2 Å². The van der Waals surface area contributed by atoms with Crippen molar-refractivity contribution in [3.05, 3.63) is 70.8 Å². The van der Waals surface area contributed by atoms with E-state index in [1.54, 1.807) is 50.2 Å². The van der Waals surface area contributed by atoms with Crippen molar-refractivity contribution in [2.75, 3.05) is 10.6 Å². The summed E-state index contributed by atoms with van der Waals surface area (Å²) < 4.78 is 19.1. The van der Waals surface area contributed by atoms with Crippen molar-refractivity contribution in [3.8, 4) is 11.8 Å². The van der Waals surface area contributed by atoms with Crippen LogP contribution in [-0.4, -0.2) is 16.0 Å². The van der Waals surface area contributed by atoms with Gasteiger partial charge in [-0.2, -0.15) is 9.97 Å². The number of aromatic nitrogens is 2. The smallest absolute Gasteiger partial charge is 0.323 e. The van der Waals surface area contributed by atoms with Gasteiger partial charge in [0.25, 0.3) is 0 Å². The molecule has 1 aromatic heterocycles. The number of nitrogens with zero attached hydrogens (tertiary/aromatic N) is 2. The van der Waals surface area contributed by atoms with E-state index in [-0.39, 0.29) is 11.8 Å². The maximum atomic E-state index is 13.7. The average molecular weight is 387 g/mol. The number of amides is 2. The van der Waals surface area contributed by atoms with Gasteiger partial charge in [0.1, 0.15) is 0 Å². The Bertz CT molecular complexity index is 974. The summed E-state index contributed by atoms with van der Waals surface area (Å²) in [6, 6.07) is 12.3. The molecule has 0 bridgehead atoms. The van der Waals surface area contributed by atoms with Crippen molar-refractivity contribution < 1.29 is 13.9 Å². The quantitative estimate of drug-likeness (QED) is 0.636. The van der Waals surface area contributed by atoms with Crippen LogP contribution in [-0.2, 0) is 0 Å². The zero-order valence-corrected chi connectivity index (χ0v) is 15.3. The summed E-state index contributed by atoms with van der Waals surface area (Å²) in [5, 5.41) is 5.89. The van der Waals surface area contributed by atoms with Gasteiger partial charge in [-0.25, -0.2) is 9.18 Å². The van der Waals surface area contributed by atoms with Gasteiger partial charge in [0.15, 0.2) is 11.6 Å². The topological polar surface area (TPSA) is 76.1 Å². The second-order valence-corrected chi connectivity index (χ2v) is 6.11. The van der Waals surface area contributed by atoms with Crippen molar-refractivity contribution in [1.29, 1.82) is 0 Å². The van der Waals surface area contributed by atoms with Crippen LogP contribution in [0.15, 0.2) is 48.5 Å². The summed E-state index contributed by atoms with van der Waals surface area (Å²) in [4.78, 5) is 20.6. The van der Waals surface area contributed by atoms with Crippen molar-refractivity contribution in [1.82, 2.24) is 9.97 Å². The van der Waals surface area contributed by atoms with Gasteiger partial charge >= 0.3 is 12.0 Å². The lowest BCUT2D eigenvalue weighted by Crippen LogP contribution is -2.21. The van der Waals surface area contributed by atoms with Gasteiger partial charge < -0.3 is 15.4 Å². The number of benzene rings is 2. The Kier molecular flexibility index (Phi) is 5.52. The molecule has 0 aliphatic carbocycles. The fourth-order valence-corrected chi connectivity index (χ4v) is 2.57. The van der Waals surface area contributed by atoms with Crippen LogP contribution in [0, 0.1) is 19.7 Å². The van der Waals surface area contributed by atoms with Gasteiger partial charge in [0, 0.05) is 10.7 Å². The lowest BCUT2D eigenvalue weighted by Gasteiger charge is -2.13. The number of nitrogens with one attached hydrogen (secondary N) is 2. The predicted molar refractivity (Wildman–Crippen MR) is 102 cm³/mol. The lowest BCUT2D eigenvalue weighted by atomic mass is 10.3. The first-order valence-electron chi connectivity index (χ1n) is 8.03. The highest BCUT2D eigenvalue weighted by molar-refractivity contribution is 6.30. The molecule has 0 saturated carbocycles. The van der Waals surface area contributed by atoms with Gasteiger partial charge in [0.2, 0.25) is 0 Å². The molecule has 2 amide bonds. The maximum Gasteiger partial charge on any atom is 0.323 e. The van der Waals surface area contributed by atoms with Crippen LogP contribution in [0.4, 0.5) is 20.6 Å². The third-order valence-electron chi connectivity index (χ3n) is 3.61. The molecule has 0 spiro atoms. The molecule has 1 heterocycles. The molecule has 2 aromatic carbocycles. The summed E-state index contributed by atoms with van der Waals surface area (Å²) >= 11 is 5.90. The van der Waals surface area contributed by atoms with E-state index < -0.39 is 11.8 Å². The second-order valence-electron chi connectivity index (χ2n) is 5.67. The van der Waals surface area contributed by atoms with Crippen LogP contribution < -0.4 is 15.4 Å². The Hall–Kier alpha value is -3.19. The third-order valence-corrected chi connectivity index (χ3v) is 3.84. The first kappa shape index (κ1) is 18.6. The number of halogens is 2. The minimum absolute atomic E-state index is 0.00380. The van der Waals surface area contributed by atoms with Crippen LogP contribution in [0.5, 0.6) is 11.8 Å². The van der Waals surface area contributed by atoms with Crippen molar-refractivity contribution in [2.24, 2.45) is 0 Å². The molecule has 0 aliphatic rings. The summed E-state index contributed by atoms with van der Waals surface area (Å²) in [5.41, 5.74) is 1.95. The van der Waals surface area contributed by atoms with Gasteiger partial charge in [-0.15, -0.1) is 0 Å². The zero-order chi connectivity index (χ0) is 19.4. The molecule has 3 rings (SSSR count). The van der Waals surface area contributed by atoms with Gasteiger partial charge in [-0.3, -0.25) is 0 Å². The van der Waals surface area contributed by atoms with E-state index in [1.165, 1.54) is 12.1 Å². The van der Waals surface area contributed by atoms with Gasteiger partial charge in [0.05, 0.1) is 17.1 Å². The second kappa shape index (κ2) is 8.01. The Morgan fingerprint density at radius 2 is 1.74 bits per heavy atom. The van der Waals surface area contributed by atoms with E-state index in [0.29, 0.717) is 27.8 Å². The SMILES string of the molecule is Cc1nc(Oc2ccccc2F)nc(C)c1NC(=O)Nc1cccc(Cl)c1. The average Bonchev–Trinajstić information content (AvgIpc) is 2.60. The Morgan fingerprint density at radius 1 is 1.04 bits per heavy atom. The zero-order valence-electron chi connectivity index (χ0n) is 14.6. The number of carbonyl (C=O) groups excluding carboxylic acids is 1. The number of anilines is 2. The monoisotopic (exact) mass is 386 g/mol. The fourth-order valence-electron chi connectivity index (χ4n) is 2.38. The van der Waals surface area contributed by atoms with E-state index in [1.807, 2.05) is 0 Å². The summed E-state index contributed by atoms with van der Waals surface area (Å²) in [6.07, 6.45) is 0. The molecule has 2 N–H and O–H groups in total. The standard InChI is InChI=1S/C19H16ClFN4O2/c1-11-17(25-18(26)24-14-7-5-6-13(20)10-14)12(2)23-19(22-11)27-16-9-4-3-8-15(16)21/h3-10H,1-2H3,(H2,24,25,26). The molecule has 6 nitrogen and oxygen atoms in total.